The van der Waals surface area contributed by atoms with Crippen molar-refractivity contribution in [3.05, 3.63) is 41.5 Å². The maximum Gasteiger partial charge on any atom is 0.200 e. The normalized spacial score (nSPS) is 10.6. The van der Waals surface area contributed by atoms with Gasteiger partial charge in [-0.05, 0) is 47.2 Å². The Kier molecular flexibility index (Phi) is 3.65. The second-order valence-corrected chi connectivity index (χ2v) is 4.61. The maximum absolute atomic E-state index is 9.59. The molecule has 0 saturated carbocycles. The first-order valence-electron chi connectivity index (χ1n) is 6.43. The molecule has 0 aliphatic carbocycles. The molecule has 0 saturated heterocycles. The van der Waals surface area contributed by atoms with Crippen LogP contribution in [0.2, 0.25) is 0 Å². The second-order valence-electron chi connectivity index (χ2n) is 4.61. The van der Waals surface area contributed by atoms with Crippen molar-refractivity contribution in [3.8, 4) is 28.4 Å². The molecular weight excluding hydrogens is 240 g/mol. The number of benzene rings is 2. The summed E-state index contributed by atoms with van der Waals surface area (Å²) in [5.74, 6) is -1.10. The molecule has 3 nitrogen and oxygen atoms in total. The van der Waals surface area contributed by atoms with Crippen LogP contribution in [0.1, 0.15) is 25.0 Å². The number of phenols is 3. The highest BCUT2D eigenvalue weighted by Crippen LogP contribution is 2.39. The standard InChI is InChI=1S/C16H18O3/c1-3-10-5-11(4-2)7-12(6-10)13-8-14(17)16(19)15(18)9-13/h5-9,17-19H,3-4H2,1-2H3. The molecule has 0 amide bonds. The minimum atomic E-state index is -0.480. The number of rotatable bonds is 3. The van der Waals surface area contributed by atoms with Gasteiger partial charge in [-0.1, -0.05) is 32.0 Å². The van der Waals surface area contributed by atoms with Gasteiger partial charge in [-0.15, -0.1) is 0 Å². The molecule has 0 unspecified atom stereocenters. The fourth-order valence-corrected chi connectivity index (χ4v) is 2.11. The van der Waals surface area contributed by atoms with Gasteiger partial charge in [0, 0.05) is 0 Å². The Labute approximate surface area is 112 Å². The van der Waals surface area contributed by atoms with Gasteiger partial charge in [-0.25, -0.2) is 0 Å². The summed E-state index contributed by atoms with van der Waals surface area (Å²) in [6.07, 6.45) is 1.85. The molecule has 0 aromatic heterocycles. The van der Waals surface area contributed by atoms with Crippen molar-refractivity contribution < 1.29 is 15.3 Å². The van der Waals surface area contributed by atoms with Crippen molar-refractivity contribution in [2.24, 2.45) is 0 Å². The molecule has 3 heteroatoms. The molecule has 0 atom stereocenters. The lowest BCUT2D eigenvalue weighted by atomic mass is 9.97. The van der Waals surface area contributed by atoms with Crippen molar-refractivity contribution in [1.29, 1.82) is 0 Å². The van der Waals surface area contributed by atoms with Crippen molar-refractivity contribution in [2.75, 3.05) is 0 Å². The average molecular weight is 258 g/mol. The van der Waals surface area contributed by atoms with Crippen molar-refractivity contribution in [2.45, 2.75) is 26.7 Å². The Bertz CT molecular complexity index is 558. The molecule has 0 radical (unpaired) electrons. The largest absolute Gasteiger partial charge is 0.504 e. The Balaban J connectivity index is 2.58. The fraction of sp³-hybridized carbons (Fsp3) is 0.250. The van der Waals surface area contributed by atoms with Gasteiger partial charge in [0.15, 0.2) is 17.2 Å². The molecule has 0 bridgehead atoms. The summed E-state index contributed by atoms with van der Waals surface area (Å²) in [5, 5.41) is 28.5. The van der Waals surface area contributed by atoms with Gasteiger partial charge < -0.3 is 15.3 Å². The van der Waals surface area contributed by atoms with Crippen LogP contribution in [0.25, 0.3) is 11.1 Å². The molecule has 100 valence electrons. The molecule has 0 aliphatic heterocycles. The number of hydrogen-bond donors (Lipinski definition) is 3. The molecule has 0 fully saturated rings. The van der Waals surface area contributed by atoms with Crippen molar-refractivity contribution in [3.63, 3.8) is 0 Å². The molecule has 2 aromatic carbocycles. The molecule has 0 aliphatic rings. The summed E-state index contributed by atoms with van der Waals surface area (Å²) in [5.41, 5.74) is 4.04. The monoisotopic (exact) mass is 258 g/mol. The molecule has 0 spiro atoms. The van der Waals surface area contributed by atoms with E-state index in [4.69, 9.17) is 0 Å². The zero-order valence-electron chi connectivity index (χ0n) is 11.1. The van der Waals surface area contributed by atoms with Crippen LogP contribution in [-0.4, -0.2) is 15.3 Å². The van der Waals surface area contributed by atoms with Gasteiger partial charge in [-0.2, -0.15) is 0 Å². The van der Waals surface area contributed by atoms with Crippen LogP contribution >= 0.6 is 0 Å². The highest BCUT2D eigenvalue weighted by atomic mass is 16.3. The van der Waals surface area contributed by atoms with E-state index in [1.807, 2.05) is 12.1 Å². The summed E-state index contributed by atoms with van der Waals surface area (Å²) >= 11 is 0. The lowest BCUT2D eigenvalue weighted by Crippen LogP contribution is -1.89. The van der Waals surface area contributed by atoms with Crippen LogP contribution in [0.5, 0.6) is 17.2 Å². The van der Waals surface area contributed by atoms with E-state index in [1.54, 1.807) is 0 Å². The molecule has 2 aromatic rings. The van der Waals surface area contributed by atoms with Crippen molar-refractivity contribution in [1.82, 2.24) is 0 Å². The quantitative estimate of drug-likeness (QED) is 0.737. The molecule has 0 heterocycles. The van der Waals surface area contributed by atoms with Gasteiger partial charge in [0.05, 0.1) is 0 Å². The minimum absolute atomic E-state index is 0.310. The van der Waals surface area contributed by atoms with Crippen LogP contribution in [0.3, 0.4) is 0 Å². The Morgan fingerprint density at radius 3 is 1.53 bits per heavy atom. The predicted octanol–water partition coefficient (Wildman–Crippen LogP) is 3.60. The summed E-state index contributed by atoms with van der Waals surface area (Å²) in [7, 11) is 0. The van der Waals surface area contributed by atoms with E-state index < -0.39 is 5.75 Å². The van der Waals surface area contributed by atoms with Gasteiger partial charge in [0.1, 0.15) is 0 Å². The molecule has 19 heavy (non-hydrogen) atoms. The van der Waals surface area contributed by atoms with E-state index in [0.29, 0.717) is 5.56 Å². The number of aryl methyl sites for hydroxylation is 2. The highest BCUT2D eigenvalue weighted by Gasteiger charge is 2.10. The summed E-state index contributed by atoms with van der Waals surface area (Å²) < 4.78 is 0. The first-order valence-corrected chi connectivity index (χ1v) is 6.43. The second kappa shape index (κ2) is 5.22. The van der Waals surface area contributed by atoms with Crippen LogP contribution in [0.4, 0.5) is 0 Å². The zero-order chi connectivity index (χ0) is 14.0. The average Bonchev–Trinajstić information content (AvgIpc) is 2.43. The summed E-state index contributed by atoms with van der Waals surface area (Å²) in [4.78, 5) is 0. The Morgan fingerprint density at radius 2 is 1.11 bits per heavy atom. The van der Waals surface area contributed by atoms with Gasteiger partial charge in [-0.3, -0.25) is 0 Å². The first kappa shape index (κ1) is 13.3. The van der Waals surface area contributed by atoms with Gasteiger partial charge in [0.2, 0.25) is 0 Å². The summed E-state index contributed by atoms with van der Waals surface area (Å²) in [6, 6.07) is 9.14. The summed E-state index contributed by atoms with van der Waals surface area (Å²) in [6.45, 7) is 4.18. The topological polar surface area (TPSA) is 60.7 Å². The zero-order valence-corrected chi connectivity index (χ0v) is 11.1. The highest BCUT2D eigenvalue weighted by molar-refractivity contribution is 5.71. The van der Waals surface area contributed by atoms with E-state index in [1.165, 1.54) is 23.3 Å². The lowest BCUT2D eigenvalue weighted by molar-refractivity contribution is 0.368. The van der Waals surface area contributed by atoms with Gasteiger partial charge in [0.25, 0.3) is 0 Å². The van der Waals surface area contributed by atoms with Crippen molar-refractivity contribution >= 4 is 0 Å². The minimum Gasteiger partial charge on any atom is -0.504 e. The molecular formula is C16H18O3. The number of phenolic OH excluding ortho intramolecular Hbond substituents is 3. The van der Waals surface area contributed by atoms with E-state index in [-0.39, 0.29) is 11.5 Å². The van der Waals surface area contributed by atoms with Crippen LogP contribution in [-0.2, 0) is 12.8 Å². The van der Waals surface area contributed by atoms with E-state index >= 15 is 0 Å². The van der Waals surface area contributed by atoms with E-state index in [9.17, 15) is 15.3 Å². The predicted molar refractivity (Wildman–Crippen MR) is 75.6 cm³/mol. The van der Waals surface area contributed by atoms with Crippen LogP contribution in [0, 0.1) is 0 Å². The SMILES string of the molecule is CCc1cc(CC)cc(-c2cc(O)c(O)c(O)c2)c1. The Hall–Kier alpha value is -2.16. The van der Waals surface area contributed by atoms with Gasteiger partial charge >= 0.3 is 0 Å². The first-order chi connectivity index (χ1) is 9.05. The number of aromatic hydroxyl groups is 3. The van der Waals surface area contributed by atoms with Crippen LogP contribution in [0.15, 0.2) is 30.3 Å². The molecule has 3 N–H and O–H groups in total. The van der Waals surface area contributed by atoms with Crippen LogP contribution < -0.4 is 0 Å². The third-order valence-corrected chi connectivity index (χ3v) is 3.27. The lowest BCUT2D eigenvalue weighted by Gasteiger charge is -2.10. The fourth-order valence-electron chi connectivity index (χ4n) is 2.11. The van der Waals surface area contributed by atoms with E-state index in [0.717, 1.165) is 18.4 Å². The maximum atomic E-state index is 9.59. The Morgan fingerprint density at radius 1 is 0.684 bits per heavy atom. The number of hydrogen-bond acceptors (Lipinski definition) is 3. The molecule has 2 rings (SSSR count). The third kappa shape index (κ3) is 2.65. The smallest absolute Gasteiger partial charge is 0.200 e. The van der Waals surface area contributed by atoms with E-state index in [2.05, 4.69) is 19.9 Å². The third-order valence-electron chi connectivity index (χ3n) is 3.27.